The molecule has 0 saturated carbocycles. The van der Waals surface area contributed by atoms with Crippen LogP contribution < -0.4 is 14.8 Å². The zero-order valence-corrected chi connectivity index (χ0v) is 17.4. The fraction of sp³-hybridized carbons (Fsp3) is 0.130. The third-order valence-electron chi connectivity index (χ3n) is 4.72. The lowest BCUT2D eigenvalue weighted by molar-refractivity contribution is 0.103. The fourth-order valence-electron chi connectivity index (χ4n) is 3.14. The first kappa shape index (κ1) is 21.0. The van der Waals surface area contributed by atoms with Crippen LogP contribution in [-0.4, -0.2) is 40.0 Å². The maximum absolute atomic E-state index is 13.2. The molecular formula is C23H20FN5O3. The van der Waals surface area contributed by atoms with Gasteiger partial charge in [0, 0.05) is 11.9 Å². The Bertz CT molecular complexity index is 1240. The highest BCUT2D eigenvalue weighted by Gasteiger charge is 2.18. The SMILES string of the molecule is COc1ccc(Cn2cc(C(=O)c3cccnc3Nc3ccc(F)cc3)nn2)cc1OC. The number of nitrogens with zero attached hydrogens (tertiary/aromatic N) is 4. The standard InChI is InChI=1S/C23H20FN5O3/c1-31-20-10-5-15(12-21(20)32-2)13-29-14-19(27-28-29)22(30)18-4-3-11-25-23(18)26-17-8-6-16(24)7-9-17/h3-12,14H,13H2,1-2H3,(H,25,26). The monoisotopic (exact) mass is 433 g/mol. The van der Waals surface area contributed by atoms with E-state index < -0.39 is 0 Å². The van der Waals surface area contributed by atoms with Crippen molar-refractivity contribution in [2.24, 2.45) is 0 Å². The molecule has 0 aliphatic heterocycles. The molecule has 0 bridgehead atoms. The largest absolute Gasteiger partial charge is 0.493 e. The number of nitrogens with one attached hydrogen (secondary N) is 1. The van der Waals surface area contributed by atoms with Gasteiger partial charge in [-0.15, -0.1) is 5.10 Å². The van der Waals surface area contributed by atoms with Gasteiger partial charge in [-0.2, -0.15) is 0 Å². The number of rotatable bonds is 8. The van der Waals surface area contributed by atoms with Crippen LogP contribution in [0.3, 0.4) is 0 Å². The van der Waals surface area contributed by atoms with Gasteiger partial charge in [0.2, 0.25) is 5.78 Å². The number of benzene rings is 2. The minimum Gasteiger partial charge on any atom is -0.493 e. The van der Waals surface area contributed by atoms with E-state index in [1.165, 1.54) is 12.1 Å². The van der Waals surface area contributed by atoms with Gasteiger partial charge in [-0.05, 0) is 54.1 Å². The lowest BCUT2D eigenvalue weighted by atomic mass is 10.1. The summed E-state index contributed by atoms with van der Waals surface area (Å²) in [6.07, 6.45) is 3.14. The molecule has 0 aliphatic carbocycles. The number of anilines is 2. The first-order valence-electron chi connectivity index (χ1n) is 9.70. The fourth-order valence-corrected chi connectivity index (χ4v) is 3.14. The summed E-state index contributed by atoms with van der Waals surface area (Å²) in [6, 6.07) is 14.6. The van der Waals surface area contributed by atoms with Crippen molar-refractivity contribution in [2.75, 3.05) is 19.5 Å². The summed E-state index contributed by atoms with van der Waals surface area (Å²) in [6.45, 7) is 0.397. The van der Waals surface area contributed by atoms with E-state index in [0.717, 1.165) is 5.56 Å². The third-order valence-corrected chi connectivity index (χ3v) is 4.72. The van der Waals surface area contributed by atoms with Crippen LogP contribution in [0.25, 0.3) is 0 Å². The second-order valence-electron chi connectivity index (χ2n) is 6.85. The van der Waals surface area contributed by atoms with E-state index in [9.17, 15) is 9.18 Å². The number of carbonyl (C=O) groups excluding carboxylic acids is 1. The van der Waals surface area contributed by atoms with Crippen molar-refractivity contribution in [3.05, 3.63) is 89.6 Å². The number of hydrogen-bond acceptors (Lipinski definition) is 7. The Morgan fingerprint density at radius 3 is 2.59 bits per heavy atom. The molecule has 0 unspecified atom stereocenters. The summed E-state index contributed by atoms with van der Waals surface area (Å²) in [4.78, 5) is 17.3. The molecule has 1 N–H and O–H groups in total. The van der Waals surface area contributed by atoms with Crippen LogP contribution in [0.1, 0.15) is 21.6 Å². The Balaban J connectivity index is 1.54. The summed E-state index contributed by atoms with van der Waals surface area (Å²) in [5, 5.41) is 11.1. The maximum Gasteiger partial charge on any atom is 0.218 e. The molecule has 0 amide bonds. The maximum atomic E-state index is 13.2. The first-order valence-corrected chi connectivity index (χ1v) is 9.70. The van der Waals surface area contributed by atoms with Gasteiger partial charge in [-0.3, -0.25) is 4.79 Å². The predicted octanol–water partition coefficient (Wildman–Crippen LogP) is 3.85. The van der Waals surface area contributed by atoms with E-state index in [2.05, 4.69) is 20.6 Å². The van der Waals surface area contributed by atoms with Gasteiger partial charge < -0.3 is 14.8 Å². The van der Waals surface area contributed by atoms with Crippen molar-refractivity contribution < 1.29 is 18.7 Å². The molecule has 2 aromatic heterocycles. The van der Waals surface area contributed by atoms with Gasteiger partial charge in [-0.1, -0.05) is 11.3 Å². The van der Waals surface area contributed by atoms with Crippen LogP contribution in [0.5, 0.6) is 11.5 Å². The van der Waals surface area contributed by atoms with Crippen molar-refractivity contribution in [3.63, 3.8) is 0 Å². The average Bonchev–Trinajstić information content (AvgIpc) is 3.29. The van der Waals surface area contributed by atoms with Gasteiger partial charge in [0.15, 0.2) is 17.2 Å². The smallest absolute Gasteiger partial charge is 0.218 e. The molecule has 0 saturated heterocycles. The normalized spacial score (nSPS) is 10.6. The molecule has 0 radical (unpaired) electrons. The number of ether oxygens (including phenoxy) is 2. The molecule has 162 valence electrons. The van der Waals surface area contributed by atoms with Crippen molar-refractivity contribution >= 4 is 17.3 Å². The number of aromatic nitrogens is 4. The van der Waals surface area contributed by atoms with Gasteiger partial charge in [0.05, 0.1) is 32.5 Å². The molecule has 0 atom stereocenters. The predicted molar refractivity (Wildman–Crippen MR) is 116 cm³/mol. The van der Waals surface area contributed by atoms with E-state index in [4.69, 9.17) is 9.47 Å². The van der Waals surface area contributed by atoms with Gasteiger partial charge >= 0.3 is 0 Å². The second-order valence-corrected chi connectivity index (χ2v) is 6.85. The highest BCUT2D eigenvalue weighted by atomic mass is 19.1. The number of ketones is 1. The Hall–Kier alpha value is -4.27. The minimum atomic E-state index is -0.348. The molecule has 0 spiro atoms. The molecule has 8 nitrogen and oxygen atoms in total. The molecule has 4 aromatic rings. The van der Waals surface area contributed by atoms with E-state index in [-0.39, 0.29) is 17.3 Å². The van der Waals surface area contributed by atoms with Crippen LogP contribution >= 0.6 is 0 Å². The summed E-state index contributed by atoms with van der Waals surface area (Å²) in [5.41, 5.74) is 2.03. The lowest BCUT2D eigenvalue weighted by Gasteiger charge is -2.09. The minimum absolute atomic E-state index is 0.181. The summed E-state index contributed by atoms with van der Waals surface area (Å²) >= 11 is 0. The Morgan fingerprint density at radius 1 is 1.06 bits per heavy atom. The lowest BCUT2D eigenvalue weighted by Crippen LogP contribution is -2.07. The Labute approximate surface area is 183 Å². The average molecular weight is 433 g/mol. The number of halogens is 1. The number of hydrogen-bond donors (Lipinski definition) is 1. The Kier molecular flexibility index (Phi) is 6.07. The van der Waals surface area contributed by atoms with Crippen LogP contribution in [0.4, 0.5) is 15.9 Å². The van der Waals surface area contributed by atoms with Crippen molar-refractivity contribution in [3.8, 4) is 11.5 Å². The number of methoxy groups -OCH3 is 2. The molecule has 9 heteroatoms. The van der Waals surface area contributed by atoms with Crippen LogP contribution in [0.2, 0.25) is 0 Å². The highest BCUT2D eigenvalue weighted by molar-refractivity contribution is 6.10. The van der Waals surface area contributed by atoms with Crippen LogP contribution in [0, 0.1) is 5.82 Å². The first-order chi connectivity index (χ1) is 15.6. The topological polar surface area (TPSA) is 91.2 Å². The molecule has 2 aromatic carbocycles. The van der Waals surface area contributed by atoms with Crippen LogP contribution in [0.15, 0.2) is 67.0 Å². The number of pyridine rings is 1. The van der Waals surface area contributed by atoms with Crippen molar-refractivity contribution in [1.29, 1.82) is 0 Å². The molecule has 2 heterocycles. The van der Waals surface area contributed by atoms with Crippen LogP contribution in [-0.2, 0) is 6.54 Å². The quantitative estimate of drug-likeness (QED) is 0.422. The molecule has 32 heavy (non-hydrogen) atoms. The van der Waals surface area contributed by atoms with Gasteiger partial charge in [-0.25, -0.2) is 14.1 Å². The van der Waals surface area contributed by atoms with E-state index in [1.54, 1.807) is 61.6 Å². The van der Waals surface area contributed by atoms with Gasteiger partial charge in [0.1, 0.15) is 11.6 Å². The summed E-state index contributed by atoms with van der Waals surface area (Å²) < 4.78 is 25.3. The number of carbonyl (C=O) groups is 1. The van der Waals surface area contributed by atoms with E-state index >= 15 is 0 Å². The molecule has 0 fully saturated rings. The zero-order valence-electron chi connectivity index (χ0n) is 17.4. The van der Waals surface area contributed by atoms with E-state index in [0.29, 0.717) is 35.1 Å². The zero-order chi connectivity index (χ0) is 22.5. The molecule has 4 rings (SSSR count). The van der Waals surface area contributed by atoms with Crippen molar-refractivity contribution in [2.45, 2.75) is 6.54 Å². The Morgan fingerprint density at radius 2 is 1.84 bits per heavy atom. The van der Waals surface area contributed by atoms with Gasteiger partial charge in [0.25, 0.3) is 0 Å². The third kappa shape index (κ3) is 4.56. The van der Waals surface area contributed by atoms with Crippen molar-refractivity contribution in [1.82, 2.24) is 20.0 Å². The summed E-state index contributed by atoms with van der Waals surface area (Å²) in [7, 11) is 3.14. The van der Waals surface area contributed by atoms with E-state index in [1.807, 2.05) is 12.1 Å². The molecular weight excluding hydrogens is 413 g/mol. The second kappa shape index (κ2) is 9.25. The highest BCUT2D eigenvalue weighted by Crippen LogP contribution is 2.28. The summed E-state index contributed by atoms with van der Waals surface area (Å²) in [5.74, 6) is 0.899. The molecule has 0 aliphatic rings.